The Kier molecular flexibility index (Phi) is 6.90. The summed E-state index contributed by atoms with van der Waals surface area (Å²) in [6.07, 6.45) is 1.89. The molecule has 1 aromatic heterocycles. The highest BCUT2D eigenvalue weighted by molar-refractivity contribution is 8.00. The third-order valence-corrected chi connectivity index (χ3v) is 7.28. The Morgan fingerprint density at radius 3 is 2.71 bits per heavy atom. The zero-order valence-electron chi connectivity index (χ0n) is 19.5. The number of carbonyl (C=O) groups excluding carboxylic acids is 2. The van der Waals surface area contributed by atoms with E-state index in [0.717, 1.165) is 21.7 Å². The number of para-hydroxylation sites is 2. The molecule has 0 saturated carbocycles. The molecule has 2 aromatic carbocycles. The minimum atomic E-state index is -0.661. The van der Waals surface area contributed by atoms with Gasteiger partial charge in [-0.1, -0.05) is 30.3 Å². The average molecular weight is 490 g/mol. The SMILES string of the molecule is Cc1ncc2c(c1CNC(=O)CSc1ccccc1)CCN(C(=O)[C@H]1COc3ccccc3O1)C2. The average Bonchev–Trinajstić information content (AvgIpc) is 2.91. The predicted octanol–water partition coefficient (Wildman–Crippen LogP) is 3.52. The van der Waals surface area contributed by atoms with Crippen molar-refractivity contribution in [2.24, 2.45) is 0 Å². The fraction of sp³-hybridized carbons (Fsp3) is 0.296. The van der Waals surface area contributed by atoms with Gasteiger partial charge in [-0.3, -0.25) is 14.6 Å². The number of fused-ring (bicyclic) bond motifs is 2. The normalized spacial score (nSPS) is 16.4. The maximum Gasteiger partial charge on any atom is 0.267 e. The van der Waals surface area contributed by atoms with Crippen molar-refractivity contribution in [1.82, 2.24) is 15.2 Å². The fourth-order valence-corrected chi connectivity index (χ4v) is 5.14. The second kappa shape index (κ2) is 10.4. The molecule has 2 aliphatic rings. The Balaban J connectivity index is 1.21. The molecule has 7 nitrogen and oxygen atoms in total. The van der Waals surface area contributed by atoms with Gasteiger partial charge in [0.1, 0.15) is 6.61 Å². The third kappa shape index (κ3) is 5.27. The Morgan fingerprint density at radius 1 is 1.11 bits per heavy atom. The highest BCUT2D eigenvalue weighted by Gasteiger charge is 2.33. The van der Waals surface area contributed by atoms with Gasteiger partial charge in [0.05, 0.1) is 5.75 Å². The highest BCUT2D eigenvalue weighted by Crippen LogP contribution is 2.32. The topological polar surface area (TPSA) is 80.8 Å². The number of nitrogens with zero attached hydrogens (tertiary/aromatic N) is 2. The zero-order valence-corrected chi connectivity index (χ0v) is 20.3. The molecule has 0 unspecified atom stereocenters. The van der Waals surface area contributed by atoms with E-state index in [2.05, 4.69) is 10.3 Å². The molecular weight excluding hydrogens is 462 g/mol. The second-order valence-corrected chi connectivity index (χ2v) is 9.63. The van der Waals surface area contributed by atoms with Gasteiger partial charge < -0.3 is 19.7 Å². The number of pyridine rings is 1. The molecule has 1 atom stereocenters. The van der Waals surface area contributed by atoms with Crippen LogP contribution in [0.15, 0.2) is 65.7 Å². The van der Waals surface area contributed by atoms with Crippen molar-refractivity contribution in [2.75, 3.05) is 18.9 Å². The Bertz CT molecular complexity index is 1230. The summed E-state index contributed by atoms with van der Waals surface area (Å²) in [5.41, 5.74) is 4.12. The van der Waals surface area contributed by atoms with Crippen LogP contribution in [0.2, 0.25) is 0 Å². The fourth-order valence-electron chi connectivity index (χ4n) is 4.39. The van der Waals surface area contributed by atoms with E-state index < -0.39 is 6.10 Å². The summed E-state index contributed by atoms with van der Waals surface area (Å²) in [7, 11) is 0. The van der Waals surface area contributed by atoms with Gasteiger partial charge in [-0.2, -0.15) is 0 Å². The number of carbonyl (C=O) groups is 2. The van der Waals surface area contributed by atoms with Gasteiger partial charge in [-0.25, -0.2) is 0 Å². The number of aromatic nitrogens is 1. The molecule has 180 valence electrons. The predicted molar refractivity (Wildman–Crippen MR) is 133 cm³/mol. The molecule has 0 radical (unpaired) electrons. The molecule has 0 saturated heterocycles. The molecule has 35 heavy (non-hydrogen) atoms. The molecule has 0 spiro atoms. The Hall–Kier alpha value is -3.52. The van der Waals surface area contributed by atoms with Gasteiger partial charge in [-0.05, 0) is 54.3 Å². The molecule has 1 N–H and O–H groups in total. The summed E-state index contributed by atoms with van der Waals surface area (Å²) >= 11 is 1.52. The lowest BCUT2D eigenvalue weighted by atomic mass is 9.94. The molecule has 0 bridgehead atoms. The lowest BCUT2D eigenvalue weighted by molar-refractivity contribution is -0.142. The highest BCUT2D eigenvalue weighted by atomic mass is 32.2. The van der Waals surface area contributed by atoms with Gasteiger partial charge in [-0.15, -0.1) is 11.8 Å². The van der Waals surface area contributed by atoms with Crippen LogP contribution in [0, 0.1) is 6.92 Å². The van der Waals surface area contributed by atoms with E-state index in [1.807, 2.05) is 67.7 Å². The molecule has 2 amide bonds. The molecule has 3 heterocycles. The maximum absolute atomic E-state index is 13.2. The smallest absolute Gasteiger partial charge is 0.267 e. The van der Waals surface area contributed by atoms with Crippen LogP contribution in [-0.2, 0) is 29.1 Å². The molecule has 2 aliphatic heterocycles. The van der Waals surface area contributed by atoms with E-state index in [-0.39, 0.29) is 18.4 Å². The molecule has 0 fully saturated rings. The molecule has 3 aromatic rings. The summed E-state index contributed by atoms with van der Waals surface area (Å²) in [5, 5.41) is 3.04. The van der Waals surface area contributed by atoms with Crippen LogP contribution in [0.3, 0.4) is 0 Å². The van der Waals surface area contributed by atoms with Crippen molar-refractivity contribution in [3.63, 3.8) is 0 Å². The van der Waals surface area contributed by atoms with Gasteiger partial charge >= 0.3 is 0 Å². The molecule has 0 aliphatic carbocycles. The van der Waals surface area contributed by atoms with Crippen molar-refractivity contribution in [3.8, 4) is 11.5 Å². The number of benzene rings is 2. The molecule has 8 heteroatoms. The first-order chi connectivity index (χ1) is 17.1. The van der Waals surface area contributed by atoms with Crippen LogP contribution in [0.1, 0.15) is 22.4 Å². The van der Waals surface area contributed by atoms with E-state index in [4.69, 9.17) is 9.47 Å². The second-order valence-electron chi connectivity index (χ2n) is 8.58. The first-order valence-corrected chi connectivity index (χ1v) is 12.6. The molecular formula is C27H27N3O4S. The van der Waals surface area contributed by atoms with Crippen LogP contribution in [-0.4, -0.2) is 46.7 Å². The van der Waals surface area contributed by atoms with Crippen LogP contribution in [0.25, 0.3) is 0 Å². The summed E-state index contributed by atoms with van der Waals surface area (Å²) < 4.78 is 11.6. The van der Waals surface area contributed by atoms with Crippen molar-refractivity contribution >= 4 is 23.6 Å². The van der Waals surface area contributed by atoms with Crippen molar-refractivity contribution < 1.29 is 19.1 Å². The van der Waals surface area contributed by atoms with E-state index in [0.29, 0.717) is 43.3 Å². The summed E-state index contributed by atoms with van der Waals surface area (Å²) in [5.74, 6) is 1.52. The standard InChI is InChI=1S/C27H27N3O4S/c1-18-22(14-29-26(31)17-35-20-7-3-2-4-8-20)21-11-12-30(15-19(21)13-28-18)27(32)25-16-33-23-9-5-6-10-24(23)34-25/h2-10,13,25H,11-12,14-17H2,1H3,(H,29,31)/t25-/m1/s1. The lowest BCUT2D eigenvalue weighted by Crippen LogP contribution is -2.48. The first-order valence-electron chi connectivity index (χ1n) is 11.7. The van der Waals surface area contributed by atoms with Gasteiger partial charge in [0.2, 0.25) is 12.0 Å². The maximum atomic E-state index is 13.2. The van der Waals surface area contributed by atoms with Gasteiger partial charge in [0.15, 0.2) is 11.5 Å². The number of amides is 2. The molecule has 5 rings (SSSR count). The van der Waals surface area contributed by atoms with Gasteiger partial charge in [0.25, 0.3) is 5.91 Å². The monoisotopic (exact) mass is 489 g/mol. The zero-order chi connectivity index (χ0) is 24.2. The summed E-state index contributed by atoms with van der Waals surface area (Å²) in [6.45, 7) is 3.64. The van der Waals surface area contributed by atoms with E-state index >= 15 is 0 Å². The summed E-state index contributed by atoms with van der Waals surface area (Å²) in [4.78, 5) is 33.0. The van der Waals surface area contributed by atoms with Crippen LogP contribution < -0.4 is 14.8 Å². The van der Waals surface area contributed by atoms with Crippen molar-refractivity contribution in [2.45, 2.75) is 37.4 Å². The number of nitrogens with one attached hydrogen (secondary N) is 1. The Labute approximate surface area is 208 Å². The minimum Gasteiger partial charge on any atom is -0.485 e. The third-order valence-electron chi connectivity index (χ3n) is 6.27. The lowest BCUT2D eigenvalue weighted by Gasteiger charge is -2.34. The van der Waals surface area contributed by atoms with Crippen LogP contribution >= 0.6 is 11.8 Å². The summed E-state index contributed by atoms with van der Waals surface area (Å²) in [6, 6.07) is 17.3. The number of thioether (sulfide) groups is 1. The van der Waals surface area contributed by atoms with Crippen LogP contribution in [0.5, 0.6) is 11.5 Å². The van der Waals surface area contributed by atoms with E-state index in [9.17, 15) is 9.59 Å². The number of rotatable bonds is 6. The quantitative estimate of drug-likeness (QED) is 0.534. The van der Waals surface area contributed by atoms with Gasteiger partial charge in [0, 0.05) is 36.4 Å². The number of ether oxygens (including phenoxy) is 2. The van der Waals surface area contributed by atoms with Crippen molar-refractivity contribution in [3.05, 3.63) is 83.2 Å². The Morgan fingerprint density at radius 2 is 1.89 bits per heavy atom. The number of aryl methyl sites for hydroxylation is 1. The first kappa shape index (κ1) is 23.2. The van der Waals surface area contributed by atoms with E-state index in [1.54, 1.807) is 4.90 Å². The largest absolute Gasteiger partial charge is 0.485 e. The minimum absolute atomic E-state index is 0.0156. The van der Waals surface area contributed by atoms with Crippen LogP contribution in [0.4, 0.5) is 0 Å². The number of hydrogen-bond acceptors (Lipinski definition) is 6. The number of hydrogen-bond donors (Lipinski definition) is 1. The van der Waals surface area contributed by atoms with Crippen molar-refractivity contribution in [1.29, 1.82) is 0 Å². The van der Waals surface area contributed by atoms with E-state index in [1.165, 1.54) is 17.3 Å².